The monoisotopic (exact) mass is 482 g/mol. The third kappa shape index (κ3) is 3.88. The van der Waals surface area contributed by atoms with Crippen LogP contribution in [-0.2, 0) is 25.5 Å². The van der Waals surface area contributed by atoms with E-state index in [1.54, 1.807) is 48.7 Å². The fourth-order valence-electron chi connectivity index (χ4n) is 4.53. The number of benzene rings is 3. The van der Waals surface area contributed by atoms with Crippen molar-refractivity contribution in [3.63, 3.8) is 0 Å². The predicted octanol–water partition coefficient (Wildman–Crippen LogP) is 4.22. The Morgan fingerprint density at radius 3 is 2.50 bits per heavy atom. The minimum Gasteiger partial charge on any atom is -0.508 e. The number of ketones is 1. The molecule has 0 saturated carbocycles. The average molecular weight is 482 g/mol. The minimum atomic E-state index is -0.989. The van der Waals surface area contributed by atoms with E-state index in [4.69, 9.17) is 4.74 Å². The van der Waals surface area contributed by atoms with Gasteiger partial charge in [-0.15, -0.1) is 0 Å². The lowest BCUT2D eigenvalue weighted by Crippen LogP contribution is -2.29. The summed E-state index contributed by atoms with van der Waals surface area (Å²) in [7, 11) is 1.30. The number of rotatable bonds is 5. The number of aromatic hydroxyl groups is 1. The second-order valence-electron chi connectivity index (χ2n) is 8.43. The molecule has 1 fully saturated rings. The minimum absolute atomic E-state index is 0.0430. The number of carbonyl (C=O) groups excluding carboxylic acids is 3. The Balaban J connectivity index is 1.67. The number of hydrogen-bond donors (Lipinski definition) is 3. The summed E-state index contributed by atoms with van der Waals surface area (Å²) in [5.74, 6) is -2.42. The molecule has 3 aromatic carbocycles. The molecule has 0 aliphatic carbocycles. The highest BCUT2D eigenvalue weighted by Gasteiger charge is 2.47. The van der Waals surface area contributed by atoms with Gasteiger partial charge in [-0.1, -0.05) is 42.5 Å². The number of H-pyrrole nitrogens is 1. The maximum atomic E-state index is 13.3. The molecule has 1 saturated heterocycles. The van der Waals surface area contributed by atoms with Crippen LogP contribution in [0.3, 0.4) is 0 Å². The number of fused-ring (bicyclic) bond motifs is 1. The molecule has 1 aliphatic heterocycles. The van der Waals surface area contributed by atoms with Crippen molar-refractivity contribution < 1.29 is 29.3 Å². The third-order valence-electron chi connectivity index (χ3n) is 6.27. The molecular weight excluding hydrogens is 460 g/mol. The number of esters is 1. The highest BCUT2D eigenvalue weighted by molar-refractivity contribution is 6.51. The van der Waals surface area contributed by atoms with Gasteiger partial charge >= 0.3 is 5.97 Å². The van der Waals surface area contributed by atoms with E-state index < -0.39 is 23.7 Å². The second kappa shape index (κ2) is 9.07. The molecule has 0 radical (unpaired) electrons. The first kappa shape index (κ1) is 22.9. The summed E-state index contributed by atoms with van der Waals surface area (Å²) >= 11 is 0. The molecular formula is C28H22N2O6. The van der Waals surface area contributed by atoms with Crippen LogP contribution in [0.1, 0.15) is 22.7 Å². The van der Waals surface area contributed by atoms with Crippen LogP contribution in [0.4, 0.5) is 5.69 Å². The van der Waals surface area contributed by atoms with Gasteiger partial charge in [0, 0.05) is 28.4 Å². The third-order valence-corrected chi connectivity index (χ3v) is 6.27. The number of aliphatic hydroxyl groups excluding tert-OH is 1. The van der Waals surface area contributed by atoms with E-state index in [0.29, 0.717) is 27.8 Å². The van der Waals surface area contributed by atoms with Gasteiger partial charge in [0.05, 0.1) is 25.1 Å². The number of phenols is 1. The number of carbonyl (C=O) groups is 3. The molecule has 2 heterocycles. The number of methoxy groups -OCH3 is 1. The fourth-order valence-corrected chi connectivity index (χ4v) is 4.53. The number of ether oxygens (including phenoxy) is 1. The first-order valence-corrected chi connectivity index (χ1v) is 11.2. The van der Waals surface area contributed by atoms with Gasteiger partial charge in [0.15, 0.2) is 0 Å². The van der Waals surface area contributed by atoms with E-state index in [9.17, 15) is 24.6 Å². The van der Waals surface area contributed by atoms with Crippen molar-refractivity contribution in [2.75, 3.05) is 12.0 Å². The van der Waals surface area contributed by atoms with E-state index in [2.05, 4.69) is 4.98 Å². The maximum absolute atomic E-state index is 13.3. The topological polar surface area (TPSA) is 120 Å². The Kier molecular flexibility index (Phi) is 5.77. The Morgan fingerprint density at radius 2 is 1.78 bits per heavy atom. The van der Waals surface area contributed by atoms with Gasteiger partial charge in [-0.25, -0.2) is 0 Å². The molecule has 1 unspecified atom stereocenters. The Labute approximate surface area is 206 Å². The molecule has 36 heavy (non-hydrogen) atoms. The summed E-state index contributed by atoms with van der Waals surface area (Å²) in [5, 5.41) is 22.2. The summed E-state index contributed by atoms with van der Waals surface area (Å²) < 4.78 is 4.70. The van der Waals surface area contributed by atoms with Crippen LogP contribution in [0.15, 0.2) is 84.6 Å². The molecule has 3 N–H and O–H groups in total. The number of hydrogen-bond acceptors (Lipinski definition) is 6. The Bertz CT molecular complexity index is 1530. The molecule has 0 spiro atoms. The lowest BCUT2D eigenvalue weighted by Gasteiger charge is -2.25. The van der Waals surface area contributed by atoms with Crippen LogP contribution in [0.5, 0.6) is 5.75 Å². The van der Waals surface area contributed by atoms with Crippen LogP contribution in [0.25, 0.3) is 16.7 Å². The number of aliphatic hydroxyl groups is 1. The molecule has 1 amide bonds. The van der Waals surface area contributed by atoms with Crippen LogP contribution in [0, 0.1) is 0 Å². The van der Waals surface area contributed by atoms with Gasteiger partial charge in [0.2, 0.25) is 0 Å². The zero-order chi connectivity index (χ0) is 25.4. The molecule has 5 rings (SSSR count). The van der Waals surface area contributed by atoms with Crippen LogP contribution in [-0.4, -0.2) is 40.0 Å². The van der Waals surface area contributed by atoms with Gasteiger partial charge in [-0.3, -0.25) is 19.3 Å². The second-order valence-corrected chi connectivity index (χ2v) is 8.43. The van der Waals surface area contributed by atoms with Crippen molar-refractivity contribution in [1.29, 1.82) is 0 Å². The predicted molar refractivity (Wildman–Crippen MR) is 133 cm³/mol. The average Bonchev–Trinajstić information content (AvgIpc) is 3.43. The van der Waals surface area contributed by atoms with Gasteiger partial charge in [0.1, 0.15) is 11.5 Å². The van der Waals surface area contributed by atoms with Crippen molar-refractivity contribution in [3.05, 3.63) is 101 Å². The van der Waals surface area contributed by atoms with Crippen molar-refractivity contribution >= 4 is 40.0 Å². The van der Waals surface area contributed by atoms with Crippen LogP contribution >= 0.6 is 0 Å². The number of phenolic OH excluding ortho intramolecular Hbond substituents is 1. The lowest BCUT2D eigenvalue weighted by molar-refractivity contribution is -0.139. The number of anilines is 1. The molecule has 1 aromatic heterocycles. The largest absolute Gasteiger partial charge is 0.508 e. The number of Topliss-reactive ketones (excluding diaryl/α,β-unsaturated/α-hetero) is 1. The highest BCUT2D eigenvalue weighted by Crippen LogP contribution is 2.43. The summed E-state index contributed by atoms with van der Waals surface area (Å²) in [6.45, 7) is 0. The van der Waals surface area contributed by atoms with Crippen LogP contribution < -0.4 is 4.90 Å². The van der Waals surface area contributed by atoms with Crippen molar-refractivity contribution in [1.82, 2.24) is 4.98 Å². The zero-order valence-electron chi connectivity index (χ0n) is 19.3. The van der Waals surface area contributed by atoms with E-state index in [1.807, 2.05) is 18.2 Å². The quantitative estimate of drug-likeness (QED) is 0.170. The molecule has 8 nitrogen and oxygen atoms in total. The van der Waals surface area contributed by atoms with Gasteiger partial charge in [-0.05, 0) is 41.5 Å². The molecule has 8 heteroatoms. The standard InChI is InChI=1S/C28H22N2O6/c1-36-23(32)13-16-9-11-18(12-10-16)30-25(17-5-4-6-19(31)14-17)24(27(34)28(30)35)26(33)21-15-29-22-8-3-2-7-20(21)22/h2-12,14-15,25,29,31,33H,13H2,1H3/b26-24-. The van der Waals surface area contributed by atoms with Crippen molar-refractivity contribution in [2.45, 2.75) is 12.5 Å². The van der Waals surface area contributed by atoms with Crippen molar-refractivity contribution in [3.8, 4) is 5.75 Å². The first-order chi connectivity index (χ1) is 17.4. The number of amides is 1. The van der Waals surface area contributed by atoms with Gasteiger partial charge in [-0.2, -0.15) is 0 Å². The van der Waals surface area contributed by atoms with E-state index in [1.165, 1.54) is 24.1 Å². The van der Waals surface area contributed by atoms with Gasteiger partial charge in [0.25, 0.3) is 11.7 Å². The number of aromatic nitrogens is 1. The van der Waals surface area contributed by atoms with Crippen molar-refractivity contribution in [2.24, 2.45) is 0 Å². The first-order valence-electron chi connectivity index (χ1n) is 11.2. The van der Waals surface area contributed by atoms with E-state index in [-0.39, 0.29) is 23.5 Å². The molecule has 1 atom stereocenters. The zero-order valence-corrected chi connectivity index (χ0v) is 19.3. The maximum Gasteiger partial charge on any atom is 0.309 e. The molecule has 180 valence electrons. The Morgan fingerprint density at radius 1 is 1.03 bits per heavy atom. The lowest BCUT2D eigenvalue weighted by atomic mass is 9.94. The SMILES string of the molecule is COC(=O)Cc1ccc(N2C(=O)C(=O)/C(=C(\O)c3c[nH]c4ccccc34)C2c2cccc(O)c2)cc1. The number of para-hydroxylation sites is 1. The fraction of sp³-hybridized carbons (Fsp3) is 0.107. The number of nitrogens with one attached hydrogen (secondary N) is 1. The molecule has 0 bridgehead atoms. The van der Waals surface area contributed by atoms with E-state index in [0.717, 1.165) is 5.52 Å². The van der Waals surface area contributed by atoms with Gasteiger partial charge < -0.3 is 19.9 Å². The smallest absolute Gasteiger partial charge is 0.309 e. The Hall–Kier alpha value is -4.85. The molecule has 4 aromatic rings. The molecule has 1 aliphatic rings. The summed E-state index contributed by atoms with van der Waals surface area (Å²) in [5.41, 5.74) is 2.60. The summed E-state index contributed by atoms with van der Waals surface area (Å²) in [6, 6.07) is 19.1. The van der Waals surface area contributed by atoms with Crippen LogP contribution in [0.2, 0.25) is 0 Å². The summed E-state index contributed by atoms with van der Waals surface area (Å²) in [4.78, 5) is 42.6. The number of aromatic amines is 1. The number of nitrogens with zero attached hydrogens (tertiary/aromatic N) is 1. The summed E-state index contributed by atoms with van der Waals surface area (Å²) in [6.07, 6.45) is 1.65. The normalized spacial score (nSPS) is 17.0. The van der Waals surface area contributed by atoms with E-state index >= 15 is 0 Å². The highest BCUT2D eigenvalue weighted by atomic mass is 16.5.